The number of halogens is 1. The number of nitrogens with zero attached hydrogens (tertiary/aromatic N) is 1. The van der Waals surface area contributed by atoms with Gasteiger partial charge in [0.15, 0.2) is 0 Å². The molecule has 2 heterocycles. The highest BCUT2D eigenvalue weighted by Gasteiger charge is 2.25. The lowest BCUT2D eigenvalue weighted by Crippen LogP contribution is -2.40. The Morgan fingerprint density at radius 1 is 1.38 bits per heavy atom. The number of thiophene rings is 1. The third-order valence-corrected chi connectivity index (χ3v) is 5.12. The standard InChI is InChI=1S/C16H20N2OS.ClH/c17-8-7-12-4-3-9-18(11-12)16(19)15-10-13-5-1-2-6-14(13)20-15;/h1-2,5-6,10,12H,3-4,7-9,11,17H2;1H. The molecule has 1 amide bonds. The molecule has 1 aromatic carbocycles. The summed E-state index contributed by atoms with van der Waals surface area (Å²) in [6, 6.07) is 10.2. The first-order valence-corrected chi connectivity index (χ1v) is 8.07. The van der Waals surface area contributed by atoms with E-state index in [2.05, 4.69) is 12.1 Å². The van der Waals surface area contributed by atoms with E-state index in [-0.39, 0.29) is 18.3 Å². The van der Waals surface area contributed by atoms with Gasteiger partial charge in [-0.2, -0.15) is 0 Å². The Morgan fingerprint density at radius 3 is 2.95 bits per heavy atom. The third kappa shape index (κ3) is 3.57. The molecule has 1 saturated heterocycles. The monoisotopic (exact) mass is 324 g/mol. The van der Waals surface area contributed by atoms with E-state index >= 15 is 0 Å². The number of piperidine rings is 1. The average Bonchev–Trinajstić information content (AvgIpc) is 2.91. The predicted molar refractivity (Wildman–Crippen MR) is 91.4 cm³/mol. The van der Waals surface area contributed by atoms with Gasteiger partial charge < -0.3 is 10.6 Å². The summed E-state index contributed by atoms with van der Waals surface area (Å²) in [5, 5.41) is 1.16. The smallest absolute Gasteiger partial charge is 0.263 e. The molecule has 1 atom stereocenters. The number of nitrogens with two attached hydrogens (primary N) is 1. The molecule has 2 N–H and O–H groups in total. The summed E-state index contributed by atoms with van der Waals surface area (Å²) in [7, 11) is 0. The van der Waals surface area contributed by atoms with Crippen molar-refractivity contribution in [1.82, 2.24) is 4.90 Å². The molecule has 1 aliphatic heterocycles. The molecule has 114 valence electrons. The van der Waals surface area contributed by atoms with Gasteiger partial charge in [-0.15, -0.1) is 23.7 Å². The number of carbonyl (C=O) groups excluding carboxylic acids is 1. The molecule has 3 nitrogen and oxygen atoms in total. The Morgan fingerprint density at radius 2 is 2.19 bits per heavy atom. The first-order valence-electron chi connectivity index (χ1n) is 7.26. The van der Waals surface area contributed by atoms with Crippen molar-refractivity contribution in [3.63, 3.8) is 0 Å². The van der Waals surface area contributed by atoms with Crippen LogP contribution in [0.1, 0.15) is 28.9 Å². The highest BCUT2D eigenvalue weighted by atomic mass is 35.5. The number of rotatable bonds is 3. The lowest BCUT2D eigenvalue weighted by molar-refractivity contribution is 0.0674. The molecule has 2 aromatic rings. The minimum absolute atomic E-state index is 0. The van der Waals surface area contributed by atoms with Crippen LogP contribution in [-0.2, 0) is 0 Å². The second-order valence-corrected chi connectivity index (χ2v) is 6.57. The van der Waals surface area contributed by atoms with Crippen LogP contribution in [0.15, 0.2) is 30.3 Å². The van der Waals surface area contributed by atoms with Crippen LogP contribution in [0.2, 0.25) is 0 Å². The molecular weight excluding hydrogens is 304 g/mol. The maximum atomic E-state index is 12.6. The molecule has 5 heteroatoms. The molecule has 1 unspecified atom stereocenters. The van der Waals surface area contributed by atoms with Crippen molar-refractivity contribution in [2.75, 3.05) is 19.6 Å². The van der Waals surface area contributed by atoms with Gasteiger partial charge in [0, 0.05) is 17.8 Å². The average molecular weight is 325 g/mol. The first kappa shape index (κ1) is 16.3. The van der Waals surface area contributed by atoms with Crippen molar-refractivity contribution in [1.29, 1.82) is 0 Å². The van der Waals surface area contributed by atoms with Crippen LogP contribution in [0.5, 0.6) is 0 Å². The summed E-state index contributed by atoms with van der Waals surface area (Å²) in [4.78, 5) is 15.5. The number of benzene rings is 1. The van der Waals surface area contributed by atoms with Crippen molar-refractivity contribution in [3.05, 3.63) is 35.2 Å². The van der Waals surface area contributed by atoms with Gasteiger partial charge in [-0.1, -0.05) is 18.2 Å². The molecule has 0 saturated carbocycles. The van der Waals surface area contributed by atoms with Crippen molar-refractivity contribution < 1.29 is 4.79 Å². The Hall–Kier alpha value is -1.10. The maximum absolute atomic E-state index is 12.6. The summed E-state index contributed by atoms with van der Waals surface area (Å²) in [6.45, 7) is 2.47. The van der Waals surface area contributed by atoms with Gasteiger partial charge >= 0.3 is 0 Å². The van der Waals surface area contributed by atoms with Crippen molar-refractivity contribution in [2.45, 2.75) is 19.3 Å². The topological polar surface area (TPSA) is 46.3 Å². The SMILES string of the molecule is Cl.NCCC1CCCN(C(=O)c2cc3ccccc3s2)C1. The summed E-state index contributed by atoms with van der Waals surface area (Å²) in [5.41, 5.74) is 5.64. The molecule has 3 rings (SSSR count). The second-order valence-electron chi connectivity index (χ2n) is 5.49. The zero-order valence-corrected chi connectivity index (χ0v) is 13.6. The molecule has 21 heavy (non-hydrogen) atoms. The first-order chi connectivity index (χ1) is 9.78. The zero-order valence-electron chi connectivity index (χ0n) is 12.0. The van der Waals surface area contributed by atoms with E-state index in [0.29, 0.717) is 5.92 Å². The zero-order chi connectivity index (χ0) is 13.9. The van der Waals surface area contributed by atoms with Gasteiger partial charge in [0.25, 0.3) is 5.91 Å². The summed E-state index contributed by atoms with van der Waals surface area (Å²) in [6.07, 6.45) is 3.32. The largest absolute Gasteiger partial charge is 0.338 e. The maximum Gasteiger partial charge on any atom is 0.263 e. The van der Waals surface area contributed by atoms with E-state index in [1.54, 1.807) is 11.3 Å². The van der Waals surface area contributed by atoms with Crippen LogP contribution in [0.25, 0.3) is 10.1 Å². The highest BCUT2D eigenvalue weighted by molar-refractivity contribution is 7.20. The number of amides is 1. The van der Waals surface area contributed by atoms with Gasteiger partial charge in [-0.25, -0.2) is 0 Å². The fourth-order valence-electron chi connectivity index (χ4n) is 2.96. The molecular formula is C16H21ClN2OS. The lowest BCUT2D eigenvalue weighted by atomic mass is 9.95. The third-order valence-electron chi connectivity index (χ3n) is 4.02. The van der Waals surface area contributed by atoms with Gasteiger partial charge in [0.1, 0.15) is 0 Å². The van der Waals surface area contributed by atoms with Crippen molar-refractivity contribution in [3.8, 4) is 0 Å². The van der Waals surface area contributed by atoms with E-state index in [9.17, 15) is 4.79 Å². The van der Waals surface area contributed by atoms with Gasteiger partial charge in [-0.05, 0) is 49.2 Å². The Labute approximate surface area is 135 Å². The Bertz CT molecular complexity index is 578. The van der Waals surface area contributed by atoms with Crippen LogP contribution in [0.3, 0.4) is 0 Å². The minimum atomic E-state index is 0. The molecule has 1 aliphatic rings. The number of hydrogen-bond donors (Lipinski definition) is 1. The predicted octanol–water partition coefficient (Wildman–Crippen LogP) is 3.52. The van der Waals surface area contributed by atoms with Gasteiger partial charge in [0.2, 0.25) is 0 Å². The number of hydrogen-bond acceptors (Lipinski definition) is 3. The van der Waals surface area contributed by atoms with Gasteiger partial charge in [0.05, 0.1) is 4.88 Å². The van der Waals surface area contributed by atoms with Crippen LogP contribution in [-0.4, -0.2) is 30.4 Å². The quantitative estimate of drug-likeness (QED) is 0.939. The number of likely N-dealkylation sites (tertiary alicyclic amines) is 1. The highest BCUT2D eigenvalue weighted by Crippen LogP contribution is 2.28. The fourth-order valence-corrected chi connectivity index (χ4v) is 3.99. The van der Waals surface area contributed by atoms with Gasteiger partial charge in [-0.3, -0.25) is 4.79 Å². The molecule has 0 radical (unpaired) electrons. The molecule has 0 spiro atoms. The van der Waals surface area contributed by atoms with Crippen LogP contribution in [0.4, 0.5) is 0 Å². The molecule has 0 aliphatic carbocycles. The van der Waals surface area contributed by atoms with Crippen LogP contribution >= 0.6 is 23.7 Å². The number of fused-ring (bicyclic) bond motifs is 1. The van der Waals surface area contributed by atoms with Crippen molar-refractivity contribution in [2.24, 2.45) is 11.7 Å². The fraction of sp³-hybridized carbons (Fsp3) is 0.438. The van der Waals surface area contributed by atoms with Crippen LogP contribution in [0, 0.1) is 5.92 Å². The van der Waals surface area contributed by atoms with Crippen molar-refractivity contribution >= 4 is 39.7 Å². The number of carbonyl (C=O) groups is 1. The van der Waals surface area contributed by atoms with E-state index in [0.717, 1.165) is 42.7 Å². The van der Waals surface area contributed by atoms with E-state index in [1.807, 2.05) is 23.1 Å². The molecule has 0 bridgehead atoms. The Kier molecular flexibility index (Phi) is 5.62. The summed E-state index contributed by atoms with van der Waals surface area (Å²) in [5.74, 6) is 0.764. The second kappa shape index (κ2) is 7.25. The molecule has 1 aromatic heterocycles. The van der Waals surface area contributed by atoms with Crippen LogP contribution < -0.4 is 5.73 Å². The Balaban J connectivity index is 0.00000161. The minimum Gasteiger partial charge on any atom is -0.338 e. The lowest BCUT2D eigenvalue weighted by Gasteiger charge is -2.32. The van der Waals surface area contributed by atoms with E-state index in [4.69, 9.17) is 5.73 Å². The normalized spacial score (nSPS) is 18.5. The van der Waals surface area contributed by atoms with E-state index < -0.39 is 0 Å². The van der Waals surface area contributed by atoms with E-state index in [1.165, 1.54) is 11.1 Å². The molecule has 1 fully saturated rings. The summed E-state index contributed by atoms with van der Waals surface area (Å²) >= 11 is 1.60. The summed E-state index contributed by atoms with van der Waals surface area (Å²) < 4.78 is 1.19.